The highest BCUT2D eigenvalue weighted by atomic mass is 79.9. The van der Waals surface area contributed by atoms with Gasteiger partial charge in [0.1, 0.15) is 5.82 Å². The summed E-state index contributed by atoms with van der Waals surface area (Å²) in [7, 11) is 0. The van der Waals surface area contributed by atoms with Gasteiger partial charge in [0.2, 0.25) is 0 Å². The maximum absolute atomic E-state index is 6.20. The second-order valence-electron chi connectivity index (χ2n) is 4.74. The van der Waals surface area contributed by atoms with E-state index in [9.17, 15) is 0 Å². The first-order valence-corrected chi connectivity index (χ1v) is 7.99. The van der Waals surface area contributed by atoms with Gasteiger partial charge in [-0.25, -0.2) is 4.98 Å². The number of halogens is 2. The third-order valence-corrected chi connectivity index (χ3v) is 4.24. The number of rotatable bonds is 4. The van der Waals surface area contributed by atoms with E-state index in [2.05, 4.69) is 38.8 Å². The monoisotopic (exact) mass is 363 g/mol. The summed E-state index contributed by atoms with van der Waals surface area (Å²) in [6.45, 7) is 3.66. The largest absolute Gasteiger partial charge is 0.377 e. The van der Waals surface area contributed by atoms with E-state index < -0.39 is 0 Å². The minimum absolute atomic E-state index is 0.638. The average Bonchev–Trinajstić information content (AvgIpc) is 2.85. The van der Waals surface area contributed by atoms with Gasteiger partial charge in [0.15, 0.2) is 0 Å². The van der Waals surface area contributed by atoms with Gasteiger partial charge in [0.25, 0.3) is 0 Å². The first kappa shape index (κ1) is 14.4. The molecule has 3 rings (SSSR count). The molecule has 0 fully saturated rings. The summed E-state index contributed by atoms with van der Waals surface area (Å²) >= 11 is 9.66. The Hall–Kier alpha value is -1.52. The fourth-order valence-electron chi connectivity index (χ4n) is 2.42. The fraction of sp³-hybridized carbons (Fsp3) is 0.188. The standard InChI is InChI=1S/C16H15BrClN3/c1-2-21-15-6-4-3-5-13(15)20-16(21)10-19-14-9-11(17)7-8-12(14)18/h3-9,19H,2,10H2,1H3. The maximum Gasteiger partial charge on any atom is 0.129 e. The summed E-state index contributed by atoms with van der Waals surface area (Å²) in [6, 6.07) is 14.0. The molecule has 0 unspecified atom stereocenters. The molecular formula is C16H15BrClN3. The molecule has 0 atom stereocenters. The third-order valence-electron chi connectivity index (χ3n) is 3.42. The molecule has 0 bridgehead atoms. The third kappa shape index (κ3) is 2.92. The van der Waals surface area contributed by atoms with Crippen LogP contribution in [0.3, 0.4) is 0 Å². The van der Waals surface area contributed by atoms with Gasteiger partial charge < -0.3 is 9.88 Å². The molecule has 1 heterocycles. The first-order chi connectivity index (χ1) is 10.2. The van der Waals surface area contributed by atoms with Crippen molar-refractivity contribution in [2.45, 2.75) is 20.0 Å². The van der Waals surface area contributed by atoms with Crippen molar-refractivity contribution < 1.29 is 0 Å². The van der Waals surface area contributed by atoms with Crippen LogP contribution in [0.5, 0.6) is 0 Å². The van der Waals surface area contributed by atoms with Crippen LogP contribution in [0.4, 0.5) is 5.69 Å². The van der Waals surface area contributed by atoms with Gasteiger partial charge in [-0.3, -0.25) is 0 Å². The molecule has 0 aliphatic heterocycles. The molecule has 3 aromatic rings. The van der Waals surface area contributed by atoms with Crippen LogP contribution in [0.2, 0.25) is 5.02 Å². The minimum Gasteiger partial charge on any atom is -0.377 e. The Bertz CT molecular complexity index is 782. The fourth-order valence-corrected chi connectivity index (χ4v) is 2.97. The number of benzene rings is 2. The van der Waals surface area contributed by atoms with Crippen molar-refractivity contribution in [3.8, 4) is 0 Å². The van der Waals surface area contributed by atoms with Crippen molar-refractivity contribution in [2.24, 2.45) is 0 Å². The molecule has 108 valence electrons. The van der Waals surface area contributed by atoms with Crippen molar-refractivity contribution in [1.29, 1.82) is 0 Å². The SMILES string of the molecule is CCn1c(CNc2cc(Br)ccc2Cl)nc2ccccc21. The van der Waals surface area contributed by atoms with E-state index in [0.717, 1.165) is 33.6 Å². The zero-order chi connectivity index (χ0) is 14.8. The molecule has 0 aliphatic carbocycles. The van der Waals surface area contributed by atoms with Crippen LogP contribution in [0.15, 0.2) is 46.9 Å². The molecule has 0 aliphatic rings. The van der Waals surface area contributed by atoms with Crippen molar-refractivity contribution in [3.63, 3.8) is 0 Å². The van der Waals surface area contributed by atoms with E-state index in [4.69, 9.17) is 16.6 Å². The van der Waals surface area contributed by atoms with E-state index >= 15 is 0 Å². The predicted octanol–water partition coefficient (Wildman–Crippen LogP) is 5.08. The van der Waals surface area contributed by atoms with Crippen molar-refractivity contribution >= 4 is 44.3 Å². The van der Waals surface area contributed by atoms with E-state index in [1.54, 1.807) is 0 Å². The molecule has 0 radical (unpaired) electrons. The van der Waals surface area contributed by atoms with Crippen LogP contribution in [0.1, 0.15) is 12.7 Å². The minimum atomic E-state index is 0.638. The number of nitrogens with one attached hydrogen (secondary N) is 1. The lowest BCUT2D eigenvalue weighted by atomic mass is 10.3. The Balaban J connectivity index is 1.89. The number of aryl methyl sites for hydroxylation is 1. The Kier molecular flexibility index (Phi) is 4.17. The summed E-state index contributed by atoms with van der Waals surface area (Å²) in [4.78, 5) is 4.70. The summed E-state index contributed by atoms with van der Waals surface area (Å²) in [5.41, 5.74) is 3.09. The van der Waals surface area contributed by atoms with Crippen LogP contribution >= 0.6 is 27.5 Å². The zero-order valence-corrected chi connectivity index (χ0v) is 13.9. The lowest BCUT2D eigenvalue weighted by Gasteiger charge is -2.10. The van der Waals surface area contributed by atoms with Gasteiger partial charge in [0.05, 0.1) is 28.3 Å². The number of imidazole rings is 1. The first-order valence-electron chi connectivity index (χ1n) is 6.82. The maximum atomic E-state index is 6.20. The Morgan fingerprint density at radius 1 is 1.24 bits per heavy atom. The number of para-hydroxylation sites is 2. The molecule has 5 heteroatoms. The number of hydrogen-bond donors (Lipinski definition) is 1. The average molecular weight is 365 g/mol. The highest BCUT2D eigenvalue weighted by Gasteiger charge is 2.09. The second-order valence-corrected chi connectivity index (χ2v) is 6.06. The van der Waals surface area contributed by atoms with Gasteiger partial charge >= 0.3 is 0 Å². The molecule has 0 saturated carbocycles. The number of fused-ring (bicyclic) bond motifs is 1. The number of aromatic nitrogens is 2. The molecule has 3 nitrogen and oxygen atoms in total. The number of nitrogens with zero attached hydrogens (tertiary/aromatic N) is 2. The van der Waals surface area contributed by atoms with E-state index in [1.807, 2.05) is 36.4 Å². The summed E-state index contributed by atoms with van der Waals surface area (Å²) < 4.78 is 3.22. The molecule has 2 aromatic carbocycles. The number of hydrogen-bond acceptors (Lipinski definition) is 2. The van der Waals surface area contributed by atoms with Gasteiger partial charge in [-0.05, 0) is 37.3 Å². The van der Waals surface area contributed by atoms with E-state index in [1.165, 1.54) is 0 Å². The smallest absolute Gasteiger partial charge is 0.129 e. The van der Waals surface area contributed by atoms with E-state index in [0.29, 0.717) is 11.6 Å². The Labute approximate surface area is 137 Å². The number of anilines is 1. The van der Waals surface area contributed by atoms with Crippen LogP contribution < -0.4 is 5.32 Å². The van der Waals surface area contributed by atoms with Gasteiger partial charge in [-0.15, -0.1) is 0 Å². The summed E-state index contributed by atoms with van der Waals surface area (Å²) in [5.74, 6) is 1.01. The van der Waals surface area contributed by atoms with Gasteiger partial charge in [-0.2, -0.15) is 0 Å². The molecule has 1 aromatic heterocycles. The zero-order valence-electron chi connectivity index (χ0n) is 11.6. The van der Waals surface area contributed by atoms with Gasteiger partial charge in [0, 0.05) is 11.0 Å². The highest BCUT2D eigenvalue weighted by Crippen LogP contribution is 2.26. The quantitative estimate of drug-likeness (QED) is 0.699. The predicted molar refractivity (Wildman–Crippen MR) is 91.9 cm³/mol. The second kappa shape index (κ2) is 6.08. The summed E-state index contributed by atoms with van der Waals surface area (Å²) in [6.07, 6.45) is 0. The van der Waals surface area contributed by atoms with Crippen LogP contribution in [0, 0.1) is 0 Å². The van der Waals surface area contributed by atoms with Crippen molar-refractivity contribution in [3.05, 3.63) is 57.8 Å². The van der Waals surface area contributed by atoms with Gasteiger partial charge in [-0.1, -0.05) is 39.7 Å². The highest BCUT2D eigenvalue weighted by molar-refractivity contribution is 9.10. The lowest BCUT2D eigenvalue weighted by molar-refractivity contribution is 0.729. The lowest BCUT2D eigenvalue weighted by Crippen LogP contribution is -2.08. The van der Waals surface area contributed by atoms with Crippen molar-refractivity contribution in [2.75, 3.05) is 5.32 Å². The Morgan fingerprint density at radius 3 is 2.86 bits per heavy atom. The van der Waals surface area contributed by atoms with Crippen LogP contribution in [-0.2, 0) is 13.1 Å². The molecule has 0 spiro atoms. The topological polar surface area (TPSA) is 29.9 Å². The molecule has 1 N–H and O–H groups in total. The summed E-state index contributed by atoms with van der Waals surface area (Å²) in [5, 5.41) is 4.07. The normalized spacial score (nSPS) is 11.0. The molecule has 0 amide bonds. The molecule has 21 heavy (non-hydrogen) atoms. The van der Waals surface area contributed by atoms with Crippen LogP contribution in [0.25, 0.3) is 11.0 Å². The van der Waals surface area contributed by atoms with Crippen molar-refractivity contribution in [1.82, 2.24) is 9.55 Å². The van der Waals surface area contributed by atoms with Crippen LogP contribution in [-0.4, -0.2) is 9.55 Å². The Morgan fingerprint density at radius 2 is 2.05 bits per heavy atom. The van der Waals surface area contributed by atoms with E-state index in [-0.39, 0.29) is 0 Å². The molecule has 0 saturated heterocycles. The molecular weight excluding hydrogens is 350 g/mol.